The molecule has 1 aliphatic rings. The van der Waals surface area contributed by atoms with Crippen molar-refractivity contribution in [3.63, 3.8) is 0 Å². The van der Waals surface area contributed by atoms with E-state index in [2.05, 4.69) is 10.3 Å². The first-order valence-corrected chi connectivity index (χ1v) is 7.55. The van der Waals surface area contributed by atoms with Crippen molar-refractivity contribution in [2.75, 3.05) is 29.6 Å². The second kappa shape index (κ2) is 5.14. The summed E-state index contributed by atoms with van der Waals surface area (Å²) in [5.41, 5.74) is 0.668. The molecule has 1 atom stereocenters. The van der Waals surface area contributed by atoms with Gasteiger partial charge in [0.05, 0.1) is 17.6 Å². The molecule has 104 valence electrons. The van der Waals surface area contributed by atoms with Crippen LogP contribution in [-0.2, 0) is 14.8 Å². The first kappa shape index (κ1) is 13.8. The molecule has 19 heavy (non-hydrogen) atoms. The molecule has 2 rings (SSSR count). The maximum atomic E-state index is 11.9. The van der Waals surface area contributed by atoms with E-state index in [1.54, 1.807) is 30.3 Å². The Morgan fingerprint density at radius 3 is 2.79 bits per heavy atom. The van der Waals surface area contributed by atoms with E-state index in [4.69, 9.17) is 5.14 Å². The van der Waals surface area contributed by atoms with Crippen molar-refractivity contribution >= 4 is 27.4 Å². The quantitative estimate of drug-likeness (QED) is 0.794. The van der Waals surface area contributed by atoms with Crippen molar-refractivity contribution < 1.29 is 13.2 Å². The van der Waals surface area contributed by atoms with Crippen molar-refractivity contribution in [1.82, 2.24) is 4.98 Å². The molecule has 0 radical (unpaired) electrons. The van der Waals surface area contributed by atoms with Gasteiger partial charge in [0.1, 0.15) is 5.82 Å². The third-order valence-electron chi connectivity index (χ3n) is 2.99. The van der Waals surface area contributed by atoms with Gasteiger partial charge in [-0.1, -0.05) is 0 Å². The van der Waals surface area contributed by atoms with Crippen LogP contribution < -0.4 is 15.4 Å². The van der Waals surface area contributed by atoms with Gasteiger partial charge < -0.3 is 10.2 Å². The molecular weight excluding hydrogens is 268 g/mol. The summed E-state index contributed by atoms with van der Waals surface area (Å²) in [7, 11) is -1.80. The molecular formula is C11H16N4O3S. The van der Waals surface area contributed by atoms with Crippen LogP contribution in [0.5, 0.6) is 0 Å². The number of aromatic nitrogens is 1. The van der Waals surface area contributed by atoms with E-state index in [-0.39, 0.29) is 24.0 Å². The summed E-state index contributed by atoms with van der Waals surface area (Å²) in [4.78, 5) is 17.5. The molecule has 3 N–H and O–H groups in total. The van der Waals surface area contributed by atoms with Gasteiger partial charge in [-0.05, 0) is 12.1 Å². The van der Waals surface area contributed by atoms with Crippen LogP contribution in [0.2, 0.25) is 0 Å². The molecule has 1 aromatic heterocycles. The highest BCUT2D eigenvalue weighted by Gasteiger charge is 2.32. The summed E-state index contributed by atoms with van der Waals surface area (Å²) in [6.45, 7) is 0.357. The molecule has 8 heteroatoms. The highest BCUT2D eigenvalue weighted by Crippen LogP contribution is 2.25. The highest BCUT2D eigenvalue weighted by atomic mass is 32.2. The van der Waals surface area contributed by atoms with Crippen LogP contribution in [0.1, 0.15) is 6.42 Å². The molecule has 1 fully saturated rings. The minimum absolute atomic E-state index is 0.104. The number of hydrogen-bond acceptors (Lipinski definition) is 5. The third kappa shape index (κ3) is 3.42. The predicted octanol–water partition coefficient (Wildman–Crippen LogP) is -0.235. The van der Waals surface area contributed by atoms with E-state index in [1.807, 2.05) is 0 Å². The number of hydrogen-bond donors (Lipinski definition) is 2. The lowest BCUT2D eigenvalue weighted by Crippen LogP contribution is -2.27. The zero-order valence-electron chi connectivity index (χ0n) is 10.5. The molecule has 0 aliphatic carbocycles. The Balaban J connectivity index is 2.11. The van der Waals surface area contributed by atoms with E-state index >= 15 is 0 Å². The van der Waals surface area contributed by atoms with Crippen molar-refractivity contribution in [2.24, 2.45) is 11.1 Å². The zero-order chi connectivity index (χ0) is 14.0. The third-order valence-corrected chi connectivity index (χ3v) is 3.92. The molecule has 0 saturated carbocycles. The Bertz CT molecular complexity index is 570. The van der Waals surface area contributed by atoms with Gasteiger partial charge >= 0.3 is 0 Å². The first-order valence-electron chi connectivity index (χ1n) is 5.83. The van der Waals surface area contributed by atoms with Gasteiger partial charge in [-0.15, -0.1) is 0 Å². The number of carbonyl (C=O) groups excluding carboxylic acids is 1. The summed E-state index contributed by atoms with van der Waals surface area (Å²) in [5, 5.41) is 7.89. The highest BCUT2D eigenvalue weighted by molar-refractivity contribution is 7.89. The lowest BCUT2D eigenvalue weighted by molar-refractivity contribution is -0.117. The van der Waals surface area contributed by atoms with E-state index in [0.29, 0.717) is 18.1 Å². The maximum absolute atomic E-state index is 11.9. The van der Waals surface area contributed by atoms with Crippen LogP contribution in [0.25, 0.3) is 0 Å². The normalized spacial score (nSPS) is 19.8. The predicted molar refractivity (Wildman–Crippen MR) is 72.2 cm³/mol. The smallest absolute Gasteiger partial charge is 0.227 e. The van der Waals surface area contributed by atoms with Crippen LogP contribution >= 0.6 is 0 Å². The molecule has 1 unspecified atom stereocenters. The van der Waals surface area contributed by atoms with Crippen molar-refractivity contribution in [3.05, 3.63) is 18.3 Å². The zero-order valence-corrected chi connectivity index (χ0v) is 11.4. The summed E-state index contributed by atoms with van der Waals surface area (Å²) >= 11 is 0. The first-order chi connectivity index (χ1) is 8.89. The molecule has 1 saturated heterocycles. The second-order valence-electron chi connectivity index (χ2n) is 4.56. The molecule has 1 amide bonds. The Morgan fingerprint density at radius 2 is 2.26 bits per heavy atom. The number of nitrogens with zero attached hydrogens (tertiary/aromatic N) is 2. The van der Waals surface area contributed by atoms with Crippen LogP contribution in [0.15, 0.2) is 18.3 Å². The second-order valence-corrected chi connectivity index (χ2v) is 6.21. The van der Waals surface area contributed by atoms with Gasteiger partial charge in [-0.2, -0.15) is 0 Å². The van der Waals surface area contributed by atoms with Gasteiger partial charge in [-0.25, -0.2) is 18.5 Å². The SMILES string of the molecule is CNc1ccc(N2CC(CS(N)(=O)=O)CC2=O)cn1. The molecule has 1 aliphatic heterocycles. The van der Waals surface area contributed by atoms with Gasteiger partial charge in [0, 0.05) is 25.9 Å². The molecule has 0 aromatic carbocycles. The fraction of sp³-hybridized carbons (Fsp3) is 0.455. The Morgan fingerprint density at radius 1 is 1.53 bits per heavy atom. The van der Waals surface area contributed by atoms with Gasteiger partial charge in [-0.3, -0.25) is 4.79 Å². The number of nitrogens with two attached hydrogens (primary N) is 1. The average molecular weight is 284 g/mol. The summed E-state index contributed by atoms with van der Waals surface area (Å²) in [6.07, 6.45) is 1.78. The van der Waals surface area contributed by atoms with Crippen molar-refractivity contribution in [2.45, 2.75) is 6.42 Å². The maximum Gasteiger partial charge on any atom is 0.227 e. The Kier molecular flexibility index (Phi) is 3.72. The molecule has 0 spiro atoms. The fourth-order valence-electron chi connectivity index (χ4n) is 2.16. The van der Waals surface area contributed by atoms with Crippen molar-refractivity contribution in [1.29, 1.82) is 0 Å². The largest absolute Gasteiger partial charge is 0.373 e. The topological polar surface area (TPSA) is 105 Å². The molecule has 7 nitrogen and oxygen atoms in total. The number of nitrogens with one attached hydrogen (secondary N) is 1. The van der Waals surface area contributed by atoms with Gasteiger partial charge in [0.25, 0.3) is 0 Å². The number of primary sulfonamides is 1. The van der Waals surface area contributed by atoms with Crippen LogP contribution in [0.4, 0.5) is 11.5 Å². The number of anilines is 2. The van der Waals surface area contributed by atoms with E-state index in [1.165, 1.54) is 0 Å². The van der Waals surface area contributed by atoms with E-state index in [9.17, 15) is 13.2 Å². The Hall–Kier alpha value is -1.67. The number of sulfonamides is 1. The van der Waals surface area contributed by atoms with Gasteiger partial charge in [0.15, 0.2) is 0 Å². The van der Waals surface area contributed by atoms with E-state index in [0.717, 1.165) is 0 Å². The number of amides is 1. The minimum atomic E-state index is -3.55. The lowest BCUT2D eigenvalue weighted by Gasteiger charge is -2.16. The number of carbonyl (C=O) groups is 1. The summed E-state index contributed by atoms with van der Waals surface area (Å²) < 4.78 is 22.1. The summed E-state index contributed by atoms with van der Waals surface area (Å²) in [5.74, 6) is 0.174. The monoisotopic (exact) mass is 284 g/mol. The van der Waals surface area contributed by atoms with Crippen LogP contribution in [0, 0.1) is 5.92 Å². The lowest BCUT2D eigenvalue weighted by atomic mass is 10.1. The molecule has 0 bridgehead atoms. The summed E-state index contributed by atoms with van der Waals surface area (Å²) in [6, 6.07) is 3.53. The molecule has 1 aromatic rings. The minimum Gasteiger partial charge on any atom is -0.373 e. The number of rotatable bonds is 4. The van der Waals surface area contributed by atoms with Crippen LogP contribution in [-0.4, -0.2) is 38.7 Å². The van der Waals surface area contributed by atoms with Gasteiger partial charge in [0.2, 0.25) is 15.9 Å². The van der Waals surface area contributed by atoms with E-state index < -0.39 is 10.0 Å². The number of pyridine rings is 1. The van der Waals surface area contributed by atoms with Crippen LogP contribution in [0.3, 0.4) is 0 Å². The fourth-order valence-corrected chi connectivity index (χ4v) is 3.05. The standard InChI is InChI=1S/C11H16N4O3S/c1-13-10-3-2-9(5-14-10)15-6-8(4-11(15)16)7-19(12,17)18/h2-3,5,8H,4,6-7H2,1H3,(H,13,14)(H2,12,17,18). The molecule has 2 heterocycles. The Labute approximate surface area is 111 Å². The van der Waals surface area contributed by atoms with Crippen molar-refractivity contribution in [3.8, 4) is 0 Å². The average Bonchev–Trinajstić information content (AvgIpc) is 2.68.